The Labute approximate surface area is 157 Å². The quantitative estimate of drug-likeness (QED) is 0.752. The van der Waals surface area contributed by atoms with Gasteiger partial charge in [-0.3, -0.25) is 4.79 Å². The molecule has 142 valence electrons. The number of carbonyl (C=O) groups excluding carboxylic acids is 1. The van der Waals surface area contributed by atoms with Crippen molar-refractivity contribution in [3.63, 3.8) is 0 Å². The standard InChI is InChI=1S/C18H24N2O4S2/c1-24-10-9-20-15-8-7-14(26(2,22)23)12-16(15)25-18(20)19-17(21)11-13-5-3-4-6-13/h7-8,12-13H,3-6,9-11H2,1-2H3. The fraction of sp³-hybridized carbons (Fsp3) is 0.556. The number of thiazole rings is 1. The van der Waals surface area contributed by atoms with E-state index in [0.29, 0.717) is 30.3 Å². The molecule has 1 heterocycles. The lowest BCUT2D eigenvalue weighted by molar-refractivity contribution is -0.118. The molecule has 0 unspecified atom stereocenters. The fourth-order valence-corrected chi connectivity index (χ4v) is 5.22. The summed E-state index contributed by atoms with van der Waals surface area (Å²) in [6.45, 7) is 1.05. The Hall–Kier alpha value is -1.51. The third-order valence-corrected chi connectivity index (χ3v) is 6.91. The molecule has 0 N–H and O–H groups in total. The lowest BCUT2D eigenvalue weighted by Gasteiger charge is -2.06. The molecule has 1 aromatic carbocycles. The fourth-order valence-electron chi connectivity index (χ4n) is 3.38. The van der Waals surface area contributed by atoms with E-state index in [2.05, 4.69) is 4.99 Å². The van der Waals surface area contributed by atoms with Gasteiger partial charge in [0.1, 0.15) is 0 Å². The van der Waals surface area contributed by atoms with Crippen LogP contribution >= 0.6 is 11.3 Å². The molecule has 1 amide bonds. The molecule has 3 rings (SSSR count). The van der Waals surface area contributed by atoms with Crippen LogP contribution in [0.5, 0.6) is 0 Å². The largest absolute Gasteiger partial charge is 0.383 e. The Balaban J connectivity index is 2.01. The number of aromatic nitrogens is 1. The third-order valence-electron chi connectivity index (χ3n) is 4.76. The molecule has 2 aromatic rings. The van der Waals surface area contributed by atoms with Crippen LogP contribution in [0.2, 0.25) is 0 Å². The van der Waals surface area contributed by atoms with E-state index in [1.54, 1.807) is 25.3 Å². The van der Waals surface area contributed by atoms with E-state index in [0.717, 1.165) is 23.1 Å². The average Bonchev–Trinajstić information content (AvgIpc) is 3.19. The van der Waals surface area contributed by atoms with Crippen molar-refractivity contribution in [3.05, 3.63) is 23.0 Å². The number of methoxy groups -OCH3 is 1. The van der Waals surface area contributed by atoms with Crippen LogP contribution in [0.3, 0.4) is 0 Å². The smallest absolute Gasteiger partial charge is 0.248 e. The van der Waals surface area contributed by atoms with Gasteiger partial charge in [-0.25, -0.2) is 8.42 Å². The van der Waals surface area contributed by atoms with Crippen LogP contribution in [0, 0.1) is 5.92 Å². The van der Waals surface area contributed by atoms with Crippen LogP contribution in [0.15, 0.2) is 28.1 Å². The van der Waals surface area contributed by atoms with Crippen LogP contribution < -0.4 is 4.80 Å². The molecule has 1 fully saturated rings. The highest BCUT2D eigenvalue weighted by Gasteiger charge is 2.19. The summed E-state index contributed by atoms with van der Waals surface area (Å²) in [6.07, 6.45) is 6.29. The first-order valence-electron chi connectivity index (χ1n) is 8.78. The maximum absolute atomic E-state index is 12.4. The molecule has 1 aliphatic carbocycles. The Morgan fingerprint density at radius 1 is 1.35 bits per heavy atom. The van der Waals surface area contributed by atoms with Crippen LogP contribution in [0.1, 0.15) is 32.1 Å². The van der Waals surface area contributed by atoms with Crippen molar-refractivity contribution >= 4 is 37.3 Å². The van der Waals surface area contributed by atoms with Crippen molar-refractivity contribution in [3.8, 4) is 0 Å². The molecular formula is C18H24N2O4S2. The monoisotopic (exact) mass is 396 g/mol. The summed E-state index contributed by atoms with van der Waals surface area (Å²) in [5.41, 5.74) is 0.867. The van der Waals surface area contributed by atoms with Crippen molar-refractivity contribution in [2.45, 2.75) is 43.5 Å². The molecule has 8 heteroatoms. The lowest BCUT2D eigenvalue weighted by atomic mass is 10.0. The van der Waals surface area contributed by atoms with Gasteiger partial charge in [0.25, 0.3) is 0 Å². The van der Waals surface area contributed by atoms with Gasteiger partial charge in [0.05, 0.1) is 21.7 Å². The number of carbonyl (C=O) groups is 1. The van der Waals surface area contributed by atoms with E-state index in [1.165, 1.54) is 30.4 Å². The zero-order chi connectivity index (χ0) is 18.7. The molecule has 1 aromatic heterocycles. The summed E-state index contributed by atoms with van der Waals surface area (Å²) in [5, 5.41) is 0. The number of hydrogen-bond donors (Lipinski definition) is 0. The summed E-state index contributed by atoms with van der Waals surface area (Å²) < 4.78 is 31.5. The minimum Gasteiger partial charge on any atom is -0.383 e. The van der Waals surface area contributed by atoms with E-state index in [9.17, 15) is 13.2 Å². The molecule has 6 nitrogen and oxygen atoms in total. The molecule has 26 heavy (non-hydrogen) atoms. The van der Waals surface area contributed by atoms with E-state index < -0.39 is 9.84 Å². The Bertz CT molecular complexity index is 967. The maximum atomic E-state index is 12.4. The van der Waals surface area contributed by atoms with Gasteiger partial charge in [-0.2, -0.15) is 4.99 Å². The number of hydrogen-bond acceptors (Lipinski definition) is 5. The summed E-state index contributed by atoms with van der Waals surface area (Å²) >= 11 is 1.35. The average molecular weight is 397 g/mol. The topological polar surface area (TPSA) is 77.7 Å². The van der Waals surface area contributed by atoms with Crippen LogP contribution in [0.4, 0.5) is 0 Å². The summed E-state index contributed by atoms with van der Waals surface area (Å²) in [5.74, 6) is 0.350. The van der Waals surface area contributed by atoms with Gasteiger partial charge in [0.15, 0.2) is 14.6 Å². The zero-order valence-electron chi connectivity index (χ0n) is 15.1. The number of sulfone groups is 1. The highest BCUT2D eigenvalue weighted by molar-refractivity contribution is 7.90. The minimum atomic E-state index is -3.28. The molecule has 0 atom stereocenters. The SMILES string of the molecule is COCCn1c(=NC(=O)CC2CCCC2)sc2cc(S(C)(=O)=O)ccc21. The van der Waals surface area contributed by atoms with Crippen LogP contribution in [0.25, 0.3) is 10.2 Å². The number of fused-ring (bicyclic) bond motifs is 1. The first kappa shape index (κ1) is 19.3. The van der Waals surface area contributed by atoms with Crippen molar-refractivity contribution in [1.82, 2.24) is 4.57 Å². The van der Waals surface area contributed by atoms with Gasteiger partial charge >= 0.3 is 0 Å². The molecule has 0 aliphatic heterocycles. The number of benzene rings is 1. The minimum absolute atomic E-state index is 0.0991. The molecule has 0 radical (unpaired) electrons. The third kappa shape index (κ3) is 4.42. The van der Waals surface area contributed by atoms with Gasteiger partial charge in [-0.05, 0) is 37.0 Å². The Morgan fingerprint density at radius 3 is 2.73 bits per heavy atom. The highest BCUT2D eigenvalue weighted by Crippen LogP contribution is 2.28. The molecule has 1 aliphatic rings. The Kier molecular flexibility index (Phi) is 5.94. The lowest BCUT2D eigenvalue weighted by Crippen LogP contribution is -2.19. The normalized spacial score (nSPS) is 16.6. The van der Waals surface area contributed by atoms with Gasteiger partial charge in [-0.1, -0.05) is 24.2 Å². The van der Waals surface area contributed by atoms with Gasteiger partial charge in [0.2, 0.25) is 5.91 Å². The second-order valence-corrected chi connectivity index (χ2v) is 9.82. The zero-order valence-corrected chi connectivity index (χ0v) is 16.7. The Morgan fingerprint density at radius 2 is 2.08 bits per heavy atom. The van der Waals surface area contributed by atoms with E-state index in [-0.39, 0.29) is 10.8 Å². The summed E-state index contributed by atoms with van der Waals surface area (Å²) in [7, 11) is -1.65. The number of nitrogens with zero attached hydrogens (tertiary/aromatic N) is 2. The first-order valence-corrected chi connectivity index (χ1v) is 11.5. The van der Waals surface area contributed by atoms with Crippen LogP contribution in [-0.2, 0) is 25.9 Å². The van der Waals surface area contributed by atoms with E-state index in [4.69, 9.17) is 4.74 Å². The molecule has 0 bridgehead atoms. The van der Waals surface area contributed by atoms with Crippen LogP contribution in [-0.4, -0.2) is 38.9 Å². The first-order chi connectivity index (χ1) is 12.4. The number of amides is 1. The molecule has 0 saturated heterocycles. The summed E-state index contributed by atoms with van der Waals surface area (Å²) in [6, 6.07) is 5.02. The summed E-state index contributed by atoms with van der Waals surface area (Å²) in [4.78, 5) is 17.6. The maximum Gasteiger partial charge on any atom is 0.248 e. The highest BCUT2D eigenvalue weighted by atomic mass is 32.2. The number of rotatable bonds is 6. The van der Waals surface area contributed by atoms with Crippen molar-refractivity contribution in [2.75, 3.05) is 20.0 Å². The van der Waals surface area contributed by atoms with Gasteiger partial charge in [0, 0.05) is 26.3 Å². The number of ether oxygens (including phenoxy) is 1. The van der Waals surface area contributed by atoms with Crippen molar-refractivity contribution in [1.29, 1.82) is 0 Å². The molecule has 0 spiro atoms. The van der Waals surface area contributed by atoms with Crippen molar-refractivity contribution in [2.24, 2.45) is 10.9 Å². The van der Waals surface area contributed by atoms with Gasteiger partial charge in [-0.15, -0.1) is 0 Å². The predicted molar refractivity (Wildman–Crippen MR) is 102 cm³/mol. The second kappa shape index (κ2) is 8.02. The van der Waals surface area contributed by atoms with E-state index >= 15 is 0 Å². The molecular weight excluding hydrogens is 372 g/mol. The van der Waals surface area contributed by atoms with Crippen molar-refractivity contribution < 1.29 is 17.9 Å². The van der Waals surface area contributed by atoms with E-state index in [1.807, 2.05) is 4.57 Å². The molecule has 1 saturated carbocycles. The van der Waals surface area contributed by atoms with Gasteiger partial charge < -0.3 is 9.30 Å². The second-order valence-electron chi connectivity index (χ2n) is 6.79. The predicted octanol–water partition coefficient (Wildman–Crippen LogP) is 2.76.